The van der Waals surface area contributed by atoms with E-state index < -0.39 is 0 Å². The number of hydrogen-bond donors (Lipinski definition) is 1. The van der Waals surface area contributed by atoms with Gasteiger partial charge in [-0.3, -0.25) is 4.40 Å². The summed E-state index contributed by atoms with van der Waals surface area (Å²) in [5.41, 5.74) is 9.69. The van der Waals surface area contributed by atoms with Crippen molar-refractivity contribution in [3.05, 3.63) is 35.8 Å². The van der Waals surface area contributed by atoms with Crippen LogP contribution in [0.1, 0.15) is 44.1 Å². The maximum atomic E-state index is 6.38. The van der Waals surface area contributed by atoms with Gasteiger partial charge in [0.15, 0.2) is 0 Å². The van der Waals surface area contributed by atoms with Gasteiger partial charge in [-0.05, 0) is 25.0 Å². The number of hydrogen-bond acceptors (Lipinski definition) is 2. The van der Waals surface area contributed by atoms with Crippen LogP contribution in [0.3, 0.4) is 0 Å². The molecule has 0 aliphatic rings. The molecule has 2 N–H and O–H groups in total. The summed E-state index contributed by atoms with van der Waals surface area (Å²) < 4.78 is 2.17. The lowest BCUT2D eigenvalue weighted by atomic mass is 9.93. The molecule has 3 nitrogen and oxygen atoms in total. The zero-order chi connectivity index (χ0) is 12.4. The molecule has 17 heavy (non-hydrogen) atoms. The summed E-state index contributed by atoms with van der Waals surface area (Å²) >= 11 is 0. The van der Waals surface area contributed by atoms with Crippen LogP contribution in [0.5, 0.6) is 0 Å². The molecular weight excluding hydrogens is 210 g/mol. The van der Waals surface area contributed by atoms with Gasteiger partial charge in [0, 0.05) is 11.7 Å². The van der Waals surface area contributed by atoms with Crippen LogP contribution in [0.4, 0.5) is 0 Å². The molecule has 0 radical (unpaired) electrons. The second-order valence-electron chi connectivity index (χ2n) is 4.65. The number of imidazole rings is 1. The SMILES string of the molecule is CCC(CC)C(N)c1cnc2cccc(C)n12. The standard InChI is InChI=1S/C14H21N3/c1-4-11(5-2)14(15)12-9-16-13-8-6-7-10(3)17(12)13/h6-9,11,14H,4-5,15H2,1-3H3. The van der Waals surface area contributed by atoms with Crippen LogP contribution in [-0.2, 0) is 0 Å². The van der Waals surface area contributed by atoms with Gasteiger partial charge in [0.1, 0.15) is 5.65 Å². The highest BCUT2D eigenvalue weighted by Crippen LogP contribution is 2.26. The lowest BCUT2D eigenvalue weighted by Gasteiger charge is -2.21. The maximum Gasteiger partial charge on any atom is 0.137 e. The molecule has 92 valence electrons. The number of aryl methyl sites for hydroxylation is 1. The Hall–Kier alpha value is -1.35. The van der Waals surface area contributed by atoms with Crippen molar-refractivity contribution >= 4 is 5.65 Å². The number of pyridine rings is 1. The molecule has 1 atom stereocenters. The maximum absolute atomic E-state index is 6.38. The average Bonchev–Trinajstić information content (AvgIpc) is 2.75. The van der Waals surface area contributed by atoms with Gasteiger partial charge in [-0.1, -0.05) is 32.8 Å². The molecule has 2 aromatic rings. The first kappa shape index (κ1) is 12.1. The summed E-state index contributed by atoms with van der Waals surface area (Å²) in [4.78, 5) is 4.43. The van der Waals surface area contributed by atoms with E-state index in [0.29, 0.717) is 5.92 Å². The molecule has 0 fully saturated rings. The summed E-state index contributed by atoms with van der Waals surface area (Å²) in [6.45, 7) is 6.49. The second-order valence-corrected chi connectivity index (χ2v) is 4.65. The Morgan fingerprint density at radius 1 is 1.29 bits per heavy atom. The first-order valence-electron chi connectivity index (χ1n) is 6.37. The van der Waals surface area contributed by atoms with E-state index in [4.69, 9.17) is 5.73 Å². The van der Waals surface area contributed by atoms with Crippen molar-refractivity contribution < 1.29 is 0 Å². The zero-order valence-corrected chi connectivity index (χ0v) is 10.9. The minimum absolute atomic E-state index is 0.0705. The van der Waals surface area contributed by atoms with Crippen LogP contribution in [0.2, 0.25) is 0 Å². The predicted octanol–water partition coefficient (Wildman–Crippen LogP) is 3.08. The van der Waals surface area contributed by atoms with Crippen molar-refractivity contribution in [1.82, 2.24) is 9.38 Å². The van der Waals surface area contributed by atoms with E-state index in [1.807, 2.05) is 18.3 Å². The molecular formula is C14H21N3. The third kappa shape index (κ3) is 2.07. The van der Waals surface area contributed by atoms with Crippen molar-refractivity contribution in [2.75, 3.05) is 0 Å². The zero-order valence-electron chi connectivity index (χ0n) is 10.9. The van der Waals surface area contributed by atoms with Crippen molar-refractivity contribution in [1.29, 1.82) is 0 Å². The second kappa shape index (κ2) is 4.88. The van der Waals surface area contributed by atoms with Crippen molar-refractivity contribution in [3.63, 3.8) is 0 Å². The fourth-order valence-corrected chi connectivity index (χ4v) is 2.50. The summed E-state index contributed by atoms with van der Waals surface area (Å²) in [6, 6.07) is 6.22. The lowest BCUT2D eigenvalue weighted by Crippen LogP contribution is -2.22. The van der Waals surface area contributed by atoms with Crippen molar-refractivity contribution in [2.24, 2.45) is 11.7 Å². The average molecular weight is 231 g/mol. The Balaban J connectivity index is 2.48. The van der Waals surface area contributed by atoms with Crippen molar-refractivity contribution in [3.8, 4) is 0 Å². The Morgan fingerprint density at radius 3 is 2.65 bits per heavy atom. The fourth-order valence-electron chi connectivity index (χ4n) is 2.50. The number of fused-ring (bicyclic) bond motifs is 1. The Morgan fingerprint density at radius 2 is 2.00 bits per heavy atom. The molecule has 2 aromatic heterocycles. The Kier molecular flexibility index (Phi) is 3.48. The fraction of sp³-hybridized carbons (Fsp3) is 0.500. The molecule has 2 rings (SSSR count). The molecule has 0 aliphatic heterocycles. The van der Waals surface area contributed by atoms with Gasteiger partial charge < -0.3 is 5.73 Å². The molecule has 0 aromatic carbocycles. The summed E-state index contributed by atoms with van der Waals surface area (Å²) in [5.74, 6) is 0.523. The lowest BCUT2D eigenvalue weighted by molar-refractivity contribution is 0.397. The molecule has 0 amide bonds. The van der Waals surface area contributed by atoms with Crippen LogP contribution >= 0.6 is 0 Å². The van der Waals surface area contributed by atoms with Gasteiger partial charge in [0.05, 0.1) is 11.9 Å². The van der Waals surface area contributed by atoms with Gasteiger partial charge in [-0.25, -0.2) is 4.98 Å². The third-order valence-electron chi connectivity index (χ3n) is 3.65. The molecule has 2 heterocycles. The van der Waals surface area contributed by atoms with Crippen LogP contribution in [0, 0.1) is 12.8 Å². The van der Waals surface area contributed by atoms with Gasteiger partial charge in [-0.15, -0.1) is 0 Å². The van der Waals surface area contributed by atoms with Gasteiger partial charge in [-0.2, -0.15) is 0 Å². The van der Waals surface area contributed by atoms with Crippen LogP contribution in [-0.4, -0.2) is 9.38 Å². The highest BCUT2D eigenvalue weighted by molar-refractivity contribution is 5.42. The minimum atomic E-state index is 0.0705. The molecule has 0 aliphatic carbocycles. The quantitative estimate of drug-likeness (QED) is 0.878. The van der Waals surface area contributed by atoms with E-state index in [0.717, 1.165) is 24.2 Å². The van der Waals surface area contributed by atoms with E-state index in [1.165, 1.54) is 5.69 Å². The first-order valence-corrected chi connectivity index (χ1v) is 6.37. The number of rotatable bonds is 4. The number of nitrogens with zero attached hydrogens (tertiary/aromatic N) is 2. The van der Waals surface area contributed by atoms with Crippen molar-refractivity contribution in [2.45, 2.75) is 39.7 Å². The molecule has 0 saturated heterocycles. The molecule has 0 saturated carbocycles. The van der Waals surface area contributed by atoms with E-state index in [1.54, 1.807) is 0 Å². The van der Waals surface area contributed by atoms with Gasteiger partial charge in [0.2, 0.25) is 0 Å². The minimum Gasteiger partial charge on any atom is -0.322 e. The van der Waals surface area contributed by atoms with E-state index in [-0.39, 0.29) is 6.04 Å². The number of aromatic nitrogens is 2. The topological polar surface area (TPSA) is 43.3 Å². The molecule has 0 spiro atoms. The highest BCUT2D eigenvalue weighted by atomic mass is 15.0. The smallest absolute Gasteiger partial charge is 0.137 e. The first-order chi connectivity index (χ1) is 8.19. The van der Waals surface area contributed by atoms with E-state index >= 15 is 0 Å². The molecule has 0 bridgehead atoms. The summed E-state index contributed by atoms with van der Waals surface area (Å²) in [6.07, 6.45) is 4.14. The molecule has 3 heteroatoms. The largest absolute Gasteiger partial charge is 0.322 e. The van der Waals surface area contributed by atoms with Crippen LogP contribution < -0.4 is 5.73 Å². The predicted molar refractivity (Wildman–Crippen MR) is 70.9 cm³/mol. The van der Waals surface area contributed by atoms with Gasteiger partial charge >= 0.3 is 0 Å². The van der Waals surface area contributed by atoms with E-state index in [9.17, 15) is 0 Å². The Bertz CT molecular complexity index is 497. The van der Waals surface area contributed by atoms with E-state index in [2.05, 4.69) is 36.2 Å². The number of nitrogens with two attached hydrogens (primary N) is 1. The highest BCUT2D eigenvalue weighted by Gasteiger charge is 2.20. The van der Waals surface area contributed by atoms with Crippen LogP contribution in [0.15, 0.2) is 24.4 Å². The summed E-state index contributed by atoms with van der Waals surface area (Å²) in [7, 11) is 0. The summed E-state index contributed by atoms with van der Waals surface area (Å²) in [5, 5.41) is 0. The van der Waals surface area contributed by atoms with Crippen LogP contribution in [0.25, 0.3) is 5.65 Å². The third-order valence-corrected chi connectivity index (χ3v) is 3.65. The normalized spacial score (nSPS) is 13.5. The Labute approximate surface area is 103 Å². The monoisotopic (exact) mass is 231 g/mol. The molecule has 1 unspecified atom stereocenters. The van der Waals surface area contributed by atoms with Gasteiger partial charge in [0.25, 0.3) is 0 Å².